The van der Waals surface area contributed by atoms with Gasteiger partial charge in [0.15, 0.2) is 12.0 Å². The van der Waals surface area contributed by atoms with Crippen molar-refractivity contribution in [3.63, 3.8) is 0 Å². The predicted molar refractivity (Wildman–Crippen MR) is 66.0 cm³/mol. The minimum atomic E-state index is 0.128. The third-order valence-electron chi connectivity index (χ3n) is 2.64. The molecule has 0 aliphatic heterocycles. The zero-order valence-corrected chi connectivity index (χ0v) is 10.2. The van der Waals surface area contributed by atoms with Crippen molar-refractivity contribution < 1.29 is 9.21 Å². The van der Waals surface area contributed by atoms with Crippen molar-refractivity contribution in [1.29, 1.82) is 0 Å². The molecule has 0 N–H and O–H groups in total. The van der Waals surface area contributed by atoms with Crippen LogP contribution in [0.2, 0.25) is 0 Å². The summed E-state index contributed by atoms with van der Waals surface area (Å²) < 4.78 is 5.27. The number of hydrogen-bond acceptors (Lipinski definition) is 3. The molecule has 0 atom stereocenters. The van der Waals surface area contributed by atoms with E-state index in [1.54, 1.807) is 0 Å². The Balaban J connectivity index is 2.32. The largest absolute Gasteiger partial charge is 0.433 e. The van der Waals surface area contributed by atoms with Crippen LogP contribution in [0.1, 0.15) is 36.9 Å². The Labute approximate surface area is 100 Å². The number of benzene rings is 1. The van der Waals surface area contributed by atoms with Crippen molar-refractivity contribution >= 4 is 6.29 Å². The highest BCUT2D eigenvalue weighted by molar-refractivity contribution is 5.71. The molecule has 1 aromatic carbocycles. The highest BCUT2D eigenvalue weighted by Gasteiger charge is 2.14. The van der Waals surface area contributed by atoms with Gasteiger partial charge < -0.3 is 4.42 Å². The van der Waals surface area contributed by atoms with Crippen LogP contribution >= 0.6 is 0 Å². The van der Waals surface area contributed by atoms with Gasteiger partial charge in [0.05, 0.1) is 6.20 Å². The lowest BCUT2D eigenvalue weighted by molar-refractivity contribution is 0.110. The molecule has 0 spiro atoms. The lowest BCUT2D eigenvalue weighted by Crippen LogP contribution is -2.10. The second-order valence-electron chi connectivity index (χ2n) is 5.01. The van der Waals surface area contributed by atoms with Gasteiger partial charge in [0.1, 0.15) is 0 Å². The second kappa shape index (κ2) is 4.17. The molecule has 1 aromatic heterocycles. The van der Waals surface area contributed by atoms with E-state index in [1.807, 2.05) is 12.1 Å². The lowest BCUT2D eigenvalue weighted by atomic mass is 9.87. The molecule has 0 saturated heterocycles. The van der Waals surface area contributed by atoms with Gasteiger partial charge >= 0.3 is 0 Å². The van der Waals surface area contributed by atoms with E-state index in [2.05, 4.69) is 37.9 Å². The molecular weight excluding hydrogens is 214 g/mol. The Bertz CT molecular complexity index is 518. The Morgan fingerprint density at radius 3 is 2.29 bits per heavy atom. The van der Waals surface area contributed by atoms with Crippen LogP contribution in [0.4, 0.5) is 0 Å². The molecule has 2 rings (SSSR count). The smallest absolute Gasteiger partial charge is 0.226 e. The first kappa shape index (κ1) is 11.6. The van der Waals surface area contributed by atoms with Gasteiger partial charge in [-0.05, 0) is 23.1 Å². The molecule has 17 heavy (non-hydrogen) atoms. The minimum absolute atomic E-state index is 0.128. The molecule has 0 aliphatic rings. The SMILES string of the molecule is CC(C)(C)c1ccc(-c2ncc(C=O)o2)cc1. The first-order valence-corrected chi connectivity index (χ1v) is 5.52. The molecule has 0 fully saturated rings. The molecule has 1 heterocycles. The van der Waals surface area contributed by atoms with Gasteiger partial charge in [-0.1, -0.05) is 32.9 Å². The highest BCUT2D eigenvalue weighted by Crippen LogP contribution is 2.25. The van der Waals surface area contributed by atoms with Crippen molar-refractivity contribution in [2.75, 3.05) is 0 Å². The monoisotopic (exact) mass is 229 g/mol. The maximum atomic E-state index is 10.5. The Hall–Kier alpha value is -1.90. The van der Waals surface area contributed by atoms with Crippen LogP contribution in [0.15, 0.2) is 34.9 Å². The van der Waals surface area contributed by atoms with Crippen LogP contribution in [0.3, 0.4) is 0 Å². The number of aldehydes is 1. The molecule has 2 aromatic rings. The summed E-state index contributed by atoms with van der Waals surface area (Å²) in [5.74, 6) is 0.729. The van der Waals surface area contributed by atoms with Crippen molar-refractivity contribution in [3.05, 3.63) is 41.8 Å². The minimum Gasteiger partial charge on any atom is -0.433 e. The van der Waals surface area contributed by atoms with Gasteiger partial charge in [-0.3, -0.25) is 4.79 Å². The zero-order valence-electron chi connectivity index (χ0n) is 10.2. The van der Waals surface area contributed by atoms with Crippen LogP contribution in [0.5, 0.6) is 0 Å². The number of oxazole rings is 1. The molecule has 0 bridgehead atoms. The maximum absolute atomic E-state index is 10.5. The molecule has 0 unspecified atom stereocenters. The van der Waals surface area contributed by atoms with E-state index in [0.29, 0.717) is 12.2 Å². The standard InChI is InChI=1S/C14H15NO2/c1-14(2,3)11-6-4-10(5-7-11)13-15-8-12(9-16)17-13/h4-9H,1-3H3. The van der Waals surface area contributed by atoms with Crippen LogP contribution < -0.4 is 0 Å². The van der Waals surface area contributed by atoms with Crippen molar-refractivity contribution in [2.45, 2.75) is 26.2 Å². The van der Waals surface area contributed by atoms with E-state index in [4.69, 9.17) is 4.42 Å². The van der Waals surface area contributed by atoms with Gasteiger partial charge in [0, 0.05) is 5.56 Å². The molecule has 3 nitrogen and oxygen atoms in total. The van der Waals surface area contributed by atoms with Crippen LogP contribution in [0.25, 0.3) is 11.5 Å². The summed E-state index contributed by atoms with van der Waals surface area (Å²) in [7, 11) is 0. The van der Waals surface area contributed by atoms with Gasteiger partial charge in [-0.25, -0.2) is 4.98 Å². The Morgan fingerprint density at radius 2 is 1.82 bits per heavy atom. The fourth-order valence-electron chi connectivity index (χ4n) is 1.59. The molecule has 0 aliphatic carbocycles. The third kappa shape index (κ3) is 2.44. The van der Waals surface area contributed by atoms with E-state index >= 15 is 0 Å². The summed E-state index contributed by atoms with van der Waals surface area (Å²) in [6, 6.07) is 8.03. The van der Waals surface area contributed by atoms with Crippen LogP contribution in [-0.4, -0.2) is 11.3 Å². The molecule has 88 valence electrons. The molecule has 0 amide bonds. The average Bonchev–Trinajstić information content (AvgIpc) is 2.76. The van der Waals surface area contributed by atoms with Gasteiger partial charge in [-0.2, -0.15) is 0 Å². The number of hydrogen-bond donors (Lipinski definition) is 0. The Morgan fingerprint density at radius 1 is 1.18 bits per heavy atom. The van der Waals surface area contributed by atoms with Gasteiger partial charge in [0.2, 0.25) is 5.89 Å². The number of nitrogens with zero attached hydrogens (tertiary/aromatic N) is 1. The molecule has 0 saturated carbocycles. The summed E-state index contributed by atoms with van der Waals surface area (Å²) >= 11 is 0. The third-order valence-corrected chi connectivity index (χ3v) is 2.64. The van der Waals surface area contributed by atoms with Crippen molar-refractivity contribution in [2.24, 2.45) is 0 Å². The molecule has 0 radical (unpaired) electrons. The highest BCUT2D eigenvalue weighted by atomic mass is 16.4. The predicted octanol–water partition coefficient (Wildman–Crippen LogP) is 3.45. The van der Waals surface area contributed by atoms with Crippen LogP contribution in [0, 0.1) is 0 Å². The summed E-state index contributed by atoms with van der Waals surface area (Å²) in [4.78, 5) is 14.6. The summed E-state index contributed by atoms with van der Waals surface area (Å²) in [6.07, 6.45) is 2.08. The van der Waals surface area contributed by atoms with E-state index in [-0.39, 0.29) is 11.2 Å². The normalized spacial score (nSPS) is 11.5. The van der Waals surface area contributed by atoms with Gasteiger partial charge in [0.25, 0.3) is 0 Å². The fourth-order valence-corrected chi connectivity index (χ4v) is 1.59. The fraction of sp³-hybridized carbons (Fsp3) is 0.286. The topological polar surface area (TPSA) is 43.1 Å². The van der Waals surface area contributed by atoms with Crippen molar-refractivity contribution in [3.8, 4) is 11.5 Å². The number of carbonyl (C=O) groups is 1. The molecule has 3 heteroatoms. The summed E-state index contributed by atoms with van der Waals surface area (Å²) in [6.45, 7) is 6.49. The first-order chi connectivity index (χ1) is 8.00. The van der Waals surface area contributed by atoms with E-state index in [0.717, 1.165) is 5.56 Å². The average molecular weight is 229 g/mol. The summed E-state index contributed by atoms with van der Waals surface area (Å²) in [5, 5.41) is 0. The first-order valence-electron chi connectivity index (χ1n) is 5.52. The Kier molecular flexibility index (Phi) is 2.84. The van der Waals surface area contributed by atoms with Gasteiger partial charge in [-0.15, -0.1) is 0 Å². The number of aromatic nitrogens is 1. The van der Waals surface area contributed by atoms with Crippen LogP contribution in [-0.2, 0) is 5.41 Å². The van der Waals surface area contributed by atoms with Crippen molar-refractivity contribution in [1.82, 2.24) is 4.98 Å². The number of rotatable bonds is 2. The lowest BCUT2D eigenvalue weighted by Gasteiger charge is -2.18. The van der Waals surface area contributed by atoms with E-state index in [1.165, 1.54) is 11.8 Å². The maximum Gasteiger partial charge on any atom is 0.226 e. The molecular formula is C14H15NO2. The quantitative estimate of drug-likeness (QED) is 0.741. The second-order valence-corrected chi connectivity index (χ2v) is 5.01. The zero-order chi connectivity index (χ0) is 12.5. The number of carbonyl (C=O) groups excluding carboxylic acids is 1. The van der Waals surface area contributed by atoms with E-state index in [9.17, 15) is 4.79 Å². The van der Waals surface area contributed by atoms with E-state index < -0.39 is 0 Å². The summed E-state index contributed by atoms with van der Waals surface area (Å²) in [5.41, 5.74) is 2.26.